The standard InChI is InChI=1S/C16H14N2O3/c17-8-11-14(9-4-6-10(19)7-5-9)15-12(20)2-1-3-13(15)21-16(11)18/h4-7,14,19H,1-3,18H2/t14-/m0/s1. The molecule has 106 valence electrons. The summed E-state index contributed by atoms with van der Waals surface area (Å²) in [6, 6.07) is 8.51. The van der Waals surface area contributed by atoms with Gasteiger partial charge in [-0.05, 0) is 24.1 Å². The highest BCUT2D eigenvalue weighted by Crippen LogP contribution is 2.43. The van der Waals surface area contributed by atoms with Crippen molar-refractivity contribution in [3.05, 3.63) is 52.6 Å². The number of Topliss-reactive ketones (excluding diaryl/α,β-unsaturated/α-hetero) is 1. The van der Waals surface area contributed by atoms with Gasteiger partial charge in [-0.3, -0.25) is 4.79 Å². The second kappa shape index (κ2) is 4.98. The van der Waals surface area contributed by atoms with E-state index in [0.29, 0.717) is 24.2 Å². The first-order valence-electron chi connectivity index (χ1n) is 6.74. The van der Waals surface area contributed by atoms with Crippen molar-refractivity contribution in [1.29, 1.82) is 5.26 Å². The molecule has 0 saturated carbocycles. The first-order chi connectivity index (χ1) is 10.1. The van der Waals surface area contributed by atoms with Gasteiger partial charge in [0.05, 0.1) is 5.92 Å². The van der Waals surface area contributed by atoms with E-state index in [-0.39, 0.29) is 23.0 Å². The summed E-state index contributed by atoms with van der Waals surface area (Å²) in [6.45, 7) is 0. The molecule has 0 aromatic heterocycles. The zero-order chi connectivity index (χ0) is 15.0. The van der Waals surface area contributed by atoms with E-state index in [1.54, 1.807) is 12.1 Å². The minimum absolute atomic E-state index is 0.00502. The highest BCUT2D eigenvalue weighted by atomic mass is 16.5. The molecular weight excluding hydrogens is 268 g/mol. The van der Waals surface area contributed by atoms with E-state index in [2.05, 4.69) is 6.07 Å². The van der Waals surface area contributed by atoms with Crippen LogP contribution in [0.2, 0.25) is 0 Å². The summed E-state index contributed by atoms with van der Waals surface area (Å²) < 4.78 is 5.48. The Morgan fingerprint density at radius 3 is 2.67 bits per heavy atom. The zero-order valence-corrected chi connectivity index (χ0v) is 11.3. The first-order valence-corrected chi connectivity index (χ1v) is 6.74. The van der Waals surface area contributed by atoms with Crippen LogP contribution in [0.5, 0.6) is 5.75 Å². The lowest BCUT2D eigenvalue weighted by Gasteiger charge is -2.30. The number of ether oxygens (including phenoxy) is 1. The largest absolute Gasteiger partial charge is 0.508 e. The van der Waals surface area contributed by atoms with Gasteiger partial charge in [0.25, 0.3) is 0 Å². The second-order valence-electron chi connectivity index (χ2n) is 5.13. The van der Waals surface area contributed by atoms with Gasteiger partial charge in [0.1, 0.15) is 23.2 Å². The quantitative estimate of drug-likeness (QED) is 0.823. The lowest BCUT2D eigenvalue weighted by atomic mass is 9.77. The summed E-state index contributed by atoms with van der Waals surface area (Å²) in [6.07, 6.45) is 1.83. The van der Waals surface area contributed by atoms with Crippen molar-refractivity contribution >= 4 is 5.78 Å². The Balaban J connectivity index is 2.17. The third kappa shape index (κ3) is 2.15. The van der Waals surface area contributed by atoms with E-state index < -0.39 is 5.92 Å². The number of carbonyl (C=O) groups excluding carboxylic acids is 1. The average molecular weight is 282 g/mol. The molecule has 1 aliphatic carbocycles. The van der Waals surface area contributed by atoms with Gasteiger partial charge in [0.2, 0.25) is 5.88 Å². The fraction of sp³-hybridized carbons (Fsp3) is 0.250. The van der Waals surface area contributed by atoms with E-state index in [1.165, 1.54) is 12.1 Å². The molecule has 1 atom stereocenters. The van der Waals surface area contributed by atoms with Crippen LogP contribution in [0.3, 0.4) is 0 Å². The van der Waals surface area contributed by atoms with Crippen molar-refractivity contribution in [1.82, 2.24) is 0 Å². The Bertz CT molecular complexity index is 708. The molecule has 1 heterocycles. The Labute approximate surface area is 121 Å². The number of carbonyl (C=O) groups is 1. The van der Waals surface area contributed by atoms with Crippen LogP contribution in [0, 0.1) is 11.3 Å². The summed E-state index contributed by atoms with van der Waals surface area (Å²) in [5, 5.41) is 18.8. The van der Waals surface area contributed by atoms with Crippen molar-refractivity contribution in [3.63, 3.8) is 0 Å². The number of aromatic hydroxyl groups is 1. The number of ketones is 1. The van der Waals surface area contributed by atoms with Gasteiger partial charge >= 0.3 is 0 Å². The van der Waals surface area contributed by atoms with Crippen LogP contribution in [0.1, 0.15) is 30.7 Å². The van der Waals surface area contributed by atoms with Gasteiger partial charge in [-0.2, -0.15) is 5.26 Å². The average Bonchev–Trinajstić information content (AvgIpc) is 2.47. The Morgan fingerprint density at radius 1 is 1.29 bits per heavy atom. The molecular formula is C16H14N2O3. The van der Waals surface area contributed by atoms with Crippen LogP contribution in [-0.4, -0.2) is 10.9 Å². The molecule has 0 spiro atoms. The van der Waals surface area contributed by atoms with Crippen LogP contribution in [0.4, 0.5) is 0 Å². The van der Waals surface area contributed by atoms with Gasteiger partial charge in [-0.1, -0.05) is 12.1 Å². The summed E-state index contributed by atoms with van der Waals surface area (Å²) in [7, 11) is 0. The number of nitrogens with zero attached hydrogens (tertiary/aromatic N) is 1. The lowest BCUT2D eigenvalue weighted by molar-refractivity contribution is -0.116. The molecule has 0 bridgehead atoms. The summed E-state index contributed by atoms with van der Waals surface area (Å²) >= 11 is 0. The zero-order valence-electron chi connectivity index (χ0n) is 11.3. The van der Waals surface area contributed by atoms with Crippen LogP contribution in [0.25, 0.3) is 0 Å². The molecule has 1 aliphatic heterocycles. The predicted molar refractivity (Wildman–Crippen MR) is 74.6 cm³/mol. The third-order valence-corrected chi connectivity index (χ3v) is 3.83. The molecule has 0 radical (unpaired) electrons. The topological polar surface area (TPSA) is 96.3 Å². The van der Waals surface area contributed by atoms with E-state index in [1.807, 2.05) is 0 Å². The smallest absolute Gasteiger partial charge is 0.205 e. The van der Waals surface area contributed by atoms with Crippen molar-refractivity contribution in [2.75, 3.05) is 0 Å². The Morgan fingerprint density at radius 2 is 2.00 bits per heavy atom. The highest BCUT2D eigenvalue weighted by molar-refractivity contribution is 5.99. The lowest BCUT2D eigenvalue weighted by Crippen LogP contribution is -2.27. The molecule has 5 nitrogen and oxygen atoms in total. The predicted octanol–water partition coefficient (Wildman–Crippen LogP) is 2.21. The minimum atomic E-state index is -0.507. The molecule has 0 unspecified atom stereocenters. The molecule has 0 saturated heterocycles. The minimum Gasteiger partial charge on any atom is -0.508 e. The SMILES string of the molecule is N#CC1=C(N)OC2=C(C(=O)CCC2)[C@H]1c1ccc(O)cc1. The highest BCUT2D eigenvalue weighted by Gasteiger charge is 2.37. The van der Waals surface area contributed by atoms with Gasteiger partial charge in [0.15, 0.2) is 5.78 Å². The number of hydrogen-bond donors (Lipinski definition) is 2. The maximum absolute atomic E-state index is 12.3. The van der Waals surface area contributed by atoms with E-state index in [4.69, 9.17) is 10.5 Å². The second-order valence-corrected chi connectivity index (χ2v) is 5.13. The Hall–Kier alpha value is -2.74. The molecule has 0 fully saturated rings. The molecule has 3 rings (SSSR count). The number of phenols is 1. The molecule has 2 aliphatic rings. The van der Waals surface area contributed by atoms with Crippen molar-refractivity contribution in [2.45, 2.75) is 25.2 Å². The fourth-order valence-electron chi connectivity index (χ4n) is 2.86. The van der Waals surface area contributed by atoms with Crippen LogP contribution in [-0.2, 0) is 9.53 Å². The molecule has 3 N–H and O–H groups in total. The number of phenolic OH excluding ortho intramolecular Hbond substituents is 1. The van der Waals surface area contributed by atoms with E-state index in [9.17, 15) is 15.2 Å². The number of rotatable bonds is 1. The first kappa shape index (κ1) is 13.3. The molecule has 21 heavy (non-hydrogen) atoms. The van der Waals surface area contributed by atoms with E-state index in [0.717, 1.165) is 12.0 Å². The third-order valence-electron chi connectivity index (χ3n) is 3.83. The summed E-state index contributed by atoms with van der Waals surface area (Å²) in [5.74, 6) is 0.247. The van der Waals surface area contributed by atoms with Gasteiger partial charge < -0.3 is 15.6 Å². The van der Waals surface area contributed by atoms with Crippen LogP contribution >= 0.6 is 0 Å². The maximum Gasteiger partial charge on any atom is 0.205 e. The van der Waals surface area contributed by atoms with Crippen molar-refractivity contribution in [3.8, 4) is 11.8 Å². The number of allylic oxidation sites excluding steroid dienone is 3. The summed E-state index contributed by atoms with van der Waals surface area (Å²) in [5.41, 5.74) is 7.36. The Kier molecular flexibility index (Phi) is 3.15. The van der Waals surface area contributed by atoms with Crippen molar-refractivity contribution < 1.29 is 14.6 Å². The maximum atomic E-state index is 12.3. The number of benzene rings is 1. The van der Waals surface area contributed by atoms with Gasteiger partial charge in [0, 0.05) is 18.4 Å². The monoisotopic (exact) mass is 282 g/mol. The normalized spacial score (nSPS) is 21.7. The molecule has 1 aromatic rings. The van der Waals surface area contributed by atoms with Gasteiger partial charge in [-0.25, -0.2) is 0 Å². The molecule has 1 aromatic carbocycles. The van der Waals surface area contributed by atoms with Crippen LogP contribution in [0.15, 0.2) is 47.1 Å². The number of nitrogens with two attached hydrogens (primary N) is 1. The van der Waals surface area contributed by atoms with Gasteiger partial charge in [-0.15, -0.1) is 0 Å². The van der Waals surface area contributed by atoms with Crippen LogP contribution < -0.4 is 5.73 Å². The van der Waals surface area contributed by atoms with Crippen molar-refractivity contribution in [2.24, 2.45) is 5.73 Å². The van der Waals surface area contributed by atoms with E-state index >= 15 is 0 Å². The fourth-order valence-corrected chi connectivity index (χ4v) is 2.86. The molecule has 5 heteroatoms. The number of hydrogen-bond acceptors (Lipinski definition) is 5. The number of nitriles is 1. The summed E-state index contributed by atoms with van der Waals surface area (Å²) in [4.78, 5) is 12.3. The molecule has 0 amide bonds.